The first-order valence-corrected chi connectivity index (χ1v) is 6.94. The maximum absolute atomic E-state index is 6.05. The zero-order valence-electron chi connectivity index (χ0n) is 10.9. The van der Waals surface area contributed by atoms with Gasteiger partial charge < -0.3 is 9.26 Å². The van der Waals surface area contributed by atoms with Gasteiger partial charge in [0.05, 0.1) is 5.02 Å². The molecule has 0 saturated heterocycles. The van der Waals surface area contributed by atoms with Crippen molar-refractivity contribution in [3.05, 3.63) is 39.4 Å². The Morgan fingerprint density at radius 1 is 1.37 bits per heavy atom. The summed E-state index contributed by atoms with van der Waals surface area (Å²) in [6, 6.07) is 5.42. The molecule has 19 heavy (non-hydrogen) atoms. The molecule has 0 spiro atoms. The Kier molecular flexibility index (Phi) is 4.16. The van der Waals surface area contributed by atoms with E-state index in [1.165, 1.54) is 0 Å². The highest BCUT2D eigenvalue weighted by Gasteiger charge is 2.21. The lowest BCUT2D eigenvalue weighted by Crippen LogP contribution is -2.11. The molecule has 6 heteroatoms. The molecule has 1 heterocycles. The van der Waals surface area contributed by atoms with Crippen molar-refractivity contribution in [3.8, 4) is 5.75 Å². The van der Waals surface area contributed by atoms with Crippen molar-refractivity contribution >= 4 is 27.5 Å². The summed E-state index contributed by atoms with van der Waals surface area (Å²) in [6.07, 6.45) is 0. The van der Waals surface area contributed by atoms with Crippen LogP contribution in [-0.4, -0.2) is 10.1 Å². The summed E-state index contributed by atoms with van der Waals surface area (Å²) in [6.45, 7) is 6.26. The van der Waals surface area contributed by atoms with Crippen molar-refractivity contribution in [1.29, 1.82) is 0 Å². The molecule has 0 radical (unpaired) electrons. The summed E-state index contributed by atoms with van der Waals surface area (Å²) in [5.74, 6) is 1.68. The number of hydrogen-bond donors (Lipinski definition) is 0. The normalized spacial score (nSPS) is 11.6. The maximum atomic E-state index is 6.05. The van der Waals surface area contributed by atoms with E-state index in [-0.39, 0.29) is 12.0 Å². The number of rotatable bonds is 3. The van der Waals surface area contributed by atoms with Crippen LogP contribution in [0, 0.1) is 0 Å². The molecule has 0 amide bonds. The summed E-state index contributed by atoms with van der Waals surface area (Å²) < 4.78 is 11.7. The lowest BCUT2D eigenvalue weighted by Gasteiger charge is -2.10. The second-order valence-electron chi connectivity index (χ2n) is 5.13. The molecular formula is C13H14BrClN2O2. The lowest BCUT2D eigenvalue weighted by atomic mass is 9.97. The molecule has 4 nitrogen and oxygen atoms in total. The number of ether oxygens (including phenoxy) is 1. The van der Waals surface area contributed by atoms with Crippen LogP contribution in [0.1, 0.15) is 32.5 Å². The molecule has 1 aromatic heterocycles. The molecule has 2 aromatic rings. The predicted octanol–water partition coefficient (Wildman–Crippen LogP) is 4.36. The Morgan fingerprint density at radius 3 is 2.68 bits per heavy atom. The van der Waals surface area contributed by atoms with Crippen LogP contribution < -0.4 is 4.74 Å². The first kappa shape index (κ1) is 14.3. The van der Waals surface area contributed by atoms with E-state index in [2.05, 4.69) is 26.1 Å². The van der Waals surface area contributed by atoms with Gasteiger partial charge in [0.15, 0.2) is 6.61 Å². The Morgan fingerprint density at radius 2 is 2.11 bits per heavy atom. The van der Waals surface area contributed by atoms with Gasteiger partial charge in [-0.25, -0.2) is 0 Å². The third-order valence-corrected chi connectivity index (χ3v) is 3.15. The highest BCUT2D eigenvalue weighted by molar-refractivity contribution is 9.10. The topological polar surface area (TPSA) is 48.2 Å². The minimum Gasteiger partial charge on any atom is -0.484 e. The monoisotopic (exact) mass is 344 g/mol. The van der Waals surface area contributed by atoms with Gasteiger partial charge in [-0.1, -0.05) is 53.5 Å². The fraction of sp³-hybridized carbons (Fsp3) is 0.385. The smallest absolute Gasteiger partial charge is 0.232 e. The summed E-state index contributed by atoms with van der Waals surface area (Å²) in [4.78, 5) is 4.29. The lowest BCUT2D eigenvalue weighted by molar-refractivity contribution is 0.280. The van der Waals surface area contributed by atoms with Gasteiger partial charge in [-0.15, -0.1) is 0 Å². The van der Waals surface area contributed by atoms with Gasteiger partial charge in [0.1, 0.15) is 5.75 Å². The van der Waals surface area contributed by atoms with E-state index in [4.69, 9.17) is 20.9 Å². The SMILES string of the molecule is CC(C)(C)c1nc(COc2ccc(Br)cc2Cl)no1. The molecule has 1 aromatic carbocycles. The number of aromatic nitrogens is 2. The highest BCUT2D eigenvalue weighted by atomic mass is 79.9. The maximum Gasteiger partial charge on any atom is 0.232 e. The van der Waals surface area contributed by atoms with Crippen LogP contribution in [0.15, 0.2) is 27.2 Å². The first-order chi connectivity index (χ1) is 8.86. The van der Waals surface area contributed by atoms with Gasteiger partial charge in [-0.05, 0) is 18.2 Å². The van der Waals surface area contributed by atoms with Crippen molar-refractivity contribution in [2.45, 2.75) is 32.8 Å². The van der Waals surface area contributed by atoms with Crippen LogP contribution in [0.3, 0.4) is 0 Å². The minimum atomic E-state index is -0.166. The van der Waals surface area contributed by atoms with Crippen LogP contribution in [0.4, 0.5) is 0 Å². The number of nitrogens with zero attached hydrogens (tertiary/aromatic N) is 2. The Hall–Kier alpha value is -1.07. The second-order valence-corrected chi connectivity index (χ2v) is 6.45. The second kappa shape index (κ2) is 5.51. The number of benzene rings is 1. The van der Waals surface area contributed by atoms with E-state index >= 15 is 0 Å². The standard InChI is InChI=1S/C13H14BrClN2O2/c1-13(2,3)12-16-11(17-19-12)7-18-10-5-4-8(14)6-9(10)15/h4-6H,7H2,1-3H3. The van der Waals surface area contributed by atoms with Crippen molar-refractivity contribution < 1.29 is 9.26 Å². The largest absolute Gasteiger partial charge is 0.484 e. The molecule has 0 aliphatic heterocycles. The molecule has 0 bridgehead atoms. The van der Waals surface area contributed by atoms with Crippen molar-refractivity contribution in [2.24, 2.45) is 0 Å². The highest BCUT2D eigenvalue weighted by Crippen LogP contribution is 2.28. The summed E-state index contributed by atoms with van der Waals surface area (Å²) in [5, 5.41) is 4.42. The Bertz CT molecular complexity index is 578. The van der Waals surface area contributed by atoms with Gasteiger partial charge in [0.25, 0.3) is 0 Å². The van der Waals surface area contributed by atoms with Gasteiger partial charge >= 0.3 is 0 Å². The van der Waals surface area contributed by atoms with Crippen molar-refractivity contribution in [3.63, 3.8) is 0 Å². The third-order valence-electron chi connectivity index (χ3n) is 2.36. The van der Waals surface area contributed by atoms with Crippen LogP contribution >= 0.6 is 27.5 Å². The van der Waals surface area contributed by atoms with E-state index in [0.29, 0.717) is 22.5 Å². The molecule has 0 fully saturated rings. The molecule has 0 aliphatic rings. The molecule has 2 rings (SSSR count). The molecule has 0 saturated carbocycles. The van der Waals surface area contributed by atoms with Crippen LogP contribution in [0.25, 0.3) is 0 Å². The average Bonchev–Trinajstić information content (AvgIpc) is 2.76. The molecule has 0 aliphatic carbocycles. The molecule has 0 atom stereocenters. The number of halogens is 2. The van der Waals surface area contributed by atoms with E-state index in [1.54, 1.807) is 12.1 Å². The minimum absolute atomic E-state index is 0.166. The van der Waals surface area contributed by atoms with Crippen molar-refractivity contribution in [2.75, 3.05) is 0 Å². The van der Waals surface area contributed by atoms with Gasteiger partial charge in [0.2, 0.25) is 11.7 Å². The van der Waals surface area contributed by atoms with Gasteiger partial charge in [0, 0.05) is 9.89 Å². The zero-order valence-corrected chi connectivity index (χ0v) is 13.2. The van der Waals surface area contributed by atoms with Crippen LogP contribution in [-0.2, 0) is 12.0 Å². The molecule has 102 valence electrons. The van der Waals surface area contributed by atoms with E-state index in [0.717, 1.165) is 4.47 Å². The third kappa shape index (κ3) is 3.70. The van der Waals surface area contributed by atoms with E-state index < -0.39 is 0 Å². The predicted molar refractivity (Wildman–Crippen MR) is 76.5 cm³/mol. The fourth-order valence-corrected chi connectivity index (χ4v) is 2.08. The first-order valence-electron chi connectivity index (χ1n) is 5.77. The zero-order chi connectivity index (χ0) is 14.0. The van der Waals surface area contributed by atoms with Crippen LogP contribution in [0.5, 0.6) is 5.75 Å². The number of hydrogen-bond acceptors (Lipinski definition) is 4. The summed E-state index contributed by atoms with van der Waals surface area (Å²) in [5.41, 5.74) is -0.166. The van der Waals surface area contributed by atoms with E-state index in [9.17, 15) is 0 Å². The van der Waals surface area contributed by atoms with E-state index in [1.807, 2.05) is 26.8 Å². The quantitative estimate of drug-likeness (QED) is 0.829. The molecular weight excluding hydrogens is 332 g/mol. The Labute approximate surface area is 125 Å². The fourth-order valence-electron chi connectivity index (χ4n) is 1.35. The molecule has 0 unspecified atom stereocenters. The summed E-state index contributed by atoms with van der Waals surface area (Å²) in [7, 11) is 0. The van der Waals surface area contributed by atoms with Gasteiger partial charge in [-0.3, -0.25) is 0 Å². The summed E-state index contributed by atoms with van der Waals surface area (Å²) >= 11 is 9.39. The van der Waals surface area contributed by atoms with Gasteiger partial charge in [-0.2, -0.15) is 4.98 Å². The average molecular weight is 346 g/mol. The molecule has 0 N–H and O–H groups in total. The van der Waals surface area contributed by atoms with Crippen LogP contribution in [0.2, 0.25) is 5.02 Å². The Balaban J connectivity index is 2.04. The van der Waals surface area contributed by atoms with Crippen molar-refractivity contribution in [1.82, 2.24) is 10.1 Å².